The van der Waals surface area contributed by atoms with Gasteiger partial charge in [0, 0.05) is 31.4 Å². The number of sulfonamides is 1. The number of hydrogen-bond acceptors (Lipinski definition) is 4. The van der Waals surface area contributed by atoms with Crippen LogP contribution in [0.25, 0.3) is 0 Å². The molecule has 6 nitrogen and oxygen atoms in total. The van der Waals surface area contributed by atoms with E-state index in [0.717, 1.165) is 25.1 Å². The summed E-state index contributed by atoms with van der Waals surface area (Å²) in [6.07, 6.45) is 1.68. The van der Waals surface area contributed by atoms with Crippen molar-refractivity contribution in [1.29, 1.82) is 0 Å². The van der Waals surface area contributed by atoms with Gasteiger partial charge in [0.1, 0.15) is 5.82 Å². The van der Waals surface area contributed by atoms with Crippen molar-refractivity contribution < 1.29 is 17.6 Å². The fourth-order valence-corrected chi connectivity index (χ4v) is 4.25. The van der Waals surface area contributed by atoms with Gasteiger partial charge in [-0.1, -0.05) is 36.4 Å². The molecule has 0 atom stereocenters. The van der Waals surface area contributed by atoms with Gasteiger partial charge < -0.3 is 10.2 Å². The smallest absolute Gasteiger partial charge is 0.262 e. The van der Waals surface area contributed by atoms with Crippen LogP contribution in [-0.4, -0.2) is 34.5 Å². The van der Waals surface area contributed by atoms with Gasteiger partial charge in [-0.2, -0.15) is 0 Å². The number of anilines is 2. The first-order valence-electron chi connectivity index (χ1n) is 10.3. The predicted molar refractivity (Wildman–Crippen MR) is 125 cm³/mol. The minimum Gasteiger partial charge on any atom is -0.375 e. The molecule has 2 N–H and O–H groups in total. The van der Waals surface area contributed by atoms with Gasteiger partial charge in [-0.05, 0) is 55.3 Å². The van der Waals surface area contributed by atoms with Gasteiger partial charge in [0.25, 0.3) is 15.9 Å². The summed E-state index contributed by atoms with van der Waals surface area (Å²) in [5.74, 6) is -1.03. The van der Waals surface area contributed by atoms with E-state index >= 15 is 0 Å². The van der Waals surface area contributed by atoms with E-state index in [4.69, 9.17) is 0 Å². The van der Waals surface area contributed by atoms with Gasteiger partial charge >= 0.3 is 0 Å². The molecule has 0 radical (unpaired) electrons. The van der Waals surface area contributed by atoms with Crippen LogP contribution in [0.15, 0.2) is 83.8 Å². The van der Waals surface area contributed by atoms with Gasteiger partial charge in [0.15, 0.2) is 0 Å². The summed E-state index contributed by atoms with van der Waals surface area (Å²) in [6.45, 7) is 1.33. The predicted octanol–water partition coefficient (Wildman–Crippen LogP) is 4.27. The summed E-state index contributed by atoms with van der Waals surface area (Å²) < 4.78 is 41.2. The van der Waals surface area contributed by atoms with E-state index in [1.807, 2.05) is 37.4 Å². The Morgan fingerprint density at radius 2 is 1.66 bits per heavy atom. The summed E-state index contributed by atoms with van der Waals surface area (Å²) in [7, 11) is -2.01. The van der Waals surface area contributed by atoms with Crippen molar-refractivity contribution in [2.45, 2.75) is 17.7 Å². The highest BCUT2D eigenvalue weighted by Crippen LogP contribution is 2.19. The average Bonchev–Trinajstić information content (AvgIpc) is 2.80. The lowest BCUT2D eigenvalue weighted by Gasteiger charge is -2.19. The number of unbranched alkanes of at least 4 members (excludes halogenated alkanes) is 1. The molecule has 8 heteroatoms. The zero-order valence-corrected chi connectivity index (χ0v) is 18.6. The molecular formula is C24H26FN3O3S. The van der Waals surface area contributed by atoms with Crippen LogP contribution in [0.2, 0.25) is 0 Å². The Labute approximate surface area is 188 Å². The van der Waals surface area contributed by atoms with Gasteiger partial charge in [0.2, 0.25) is 0 Å². The highest BCUT2D eigenvalue weighted by atomic mass is 32.2. The van der Waals surface area contributed by atoms with Crippen LogP contribution in [0.4, 0.5) is 15.8 Å². The van der Waals surface area contributed by atoms with E-state index in [1.165, 1.54) is 42.5 Å². The van der Waals surface area contributed by atoms with Crippen molar-refractivity contribution in [3.05, 3.63) is 90.2 Å². The zero-order chi connectivity index (χ0) is 23.0. The largest absolute Gasteiger partial charge is 0.375 e. The second-order valence-corrected chi connectivity index (χ2v) is 9.02. The van der Waals surface area contributed by atoms with Crippen LogP contribution in [-0.2, 0) is 10.0 Å². The van der Waals surface area contributed by atoms with Gasteiger partial charge in [-0.25, -0.2) is 12.8 Å². The van der Waals surface area contributed by atoms with E-state index < -0.39 is 15.8 Å². The molecule has 0 fully saturated rings. The highest BCUT2D eigenvalue weighted by molar-refractivity contribution is 7.92. The number of amides is 1. The second kappa shape index (κ2) is 10.8. The fourth-order valence-electron chi connectivity index (χ4n) is 3.14. The number of halogens is 1. The molecule has 0 saturated carbocycles. The third-order valence-corrected chi connectivity index (χ3v) is 6.29. The van der Waals surface area contributed by atoms with E-state index in [0.29, 0.717) is 6.54 Å². The van der Waals surface area contributed by atoms with Gasteiger partial charge in [0.05, 0.1) is 10.6 Å². The Hall–Kier alpha value is -3.39. The molecule has 3 rings (SSSR count). The summed E-state index contributed by atoms with van der Waals surface area (Å²) in [5, 5.41) is 2.82. The monoisotopic (exact) mass is 455 g/mol. The van der Waals surface area contributed by atoms with Crippen LogP contribution in [0, 0.1) is 5.82 Å². The molecule has 0 aromatic heterocycles. The summed E-state index contributed by atoms with van der Waals surface area (Å²) in [4.78, 5) is 14.5. The number of hydrogen-bond donors (Lipinski definition) is 2. The molecular weight excluding hydrogens is 429 g/mol. The molecule has 0 saturated heterocycles. The first-order valence-corrected chi connectivity index (χ1v) is 11.8. The van der Waals surface area contributed by atoms with Gasteiger partial charge in [-0.15, -0.1) is 0 Å². The first kappa shape index (κ1) is 23.3. The quantitative estimate of drug-likeness (QED) is 0.448. The number of nitrogens with one attached hydrogen (secondary N) is 2. The van der Waals surface area contributed by atoms with Crippen LogP contribution in [0.1, 0.15) is 23.2 Å². The normalized spacial score (nSPS) is 11.1. The topological polar surface area (TPSA) is 78.5 Å². The molecule has 168 valence electrons. The maximum Gasteiger partial charge on any atom is 0.262 e. The standard InChI is InChI=1S/C24H26FN3O3S/c1-28(20-11-3-2-4-12-20)17-8-7-16-26-24(29)19-10-9-13-21(18-19)32(30,31)27-23-15-6-5-14-22(23)25/h2-6,9-15,18,27H,7-8,16-17H2,1H3,(H,26,29). The molecule has 0 spiro atoms. The molecule has 0 aliphatic heterocycles. The molecule has 3 aromatic carbocycles. The SMILES string of the molecule is CN(CCCCNC(=O)c1cccc(S(=O)(=O)Nc2ccccc2F)c1)c1ccccc1. The van der Waals surface area contributed by atoms with Crippen molar-refractivity contribution in [3.8, 4) is 0 Å². The minimum atomic E-state index is -4.03. The second-order valence-electron chi connectivity index (χ2n) is 7.33. The van der Waals surface area contributed by atoms with Gasteiger partial charge in [-0.3, -0.25) is 9.52 Å². The Morgan fingerprint density at radius 1 is 0.938 bits per heavy atom. The van der Waals surface area contributed by atoms with E-state index in [9.17, 15) is 17.6 Å². The Morgan fingerprint density at radius 3 is 2.41 bits per heavy atom. The minimum absolute atomic E-state index is 0.113. The maximum atomic E-state index is 13.8. The fraction of sp³-hybridized carbons (Fsp3) is 0.208. The number of benzene rings is 3. The van der Waals surface area contributed by atoms with Crippen LogP contribution < -0.4 is 14.9 Å². The van der Waals surface area contributed by atoms with Crippen molar-refractivity contribution >= 4 is 27.3 Å². The zero-order valence-electron chi connectivity index (χ0n) is 17.8. The number of para-hydroxylation sites is 2. The lowest BCUT2D eigenvalue weighted by atomic mass is 10.2. The number of rotatable bonds is 10. The van der Waals surface area contributed by atoms with E-state index in [1.54, 1.807) is 6.07 Å². The highest BCUT2D eigenvalue weighted by Gasteiger charge is 2.18. The number of carbonyl (C=O) groups excluding carboxylic acids is 1. The van der Waals surface area contributed by atoms with Crippen LogP contribution in [0.3, 0.4) is 0 Å². The third-order valence-electron chi connectivity index (χ3n) is 4.93. The Kier molecular flexibility index (Phi) is 7.83. The Bertz CT molecular complexity index is 1150. The molecule has 1 amide bonds. The van der Waals surface area contributed by atoms with Crippen LogP contribution in [0.5, 0.6) is 0 Å². The molecule has 0 aliphatic rings. The molecule has 3 aromatic rings. The van der Waals surface area contributed by atoms with Crippen molar-refractivity contribution in [3.63, 3.8) is 0 Å². The van der Waals surface area contributed by atoms with E-state index in [-0.39, 0.29) is 22.1 Å². The van der Waals surface area contributed by atoms with Crippen molar-refractivity contribution in [1.82, 2.24) is 5.32 Å². The number of nitrogens with zero attached hydrogens (tertiary/aromatic N) is 1. The van der Waals surface area contributed by atoms with E-state index in [2.05, 4.69) is 14.9 Å². The molecule has 0 unspecified atom stereocenters. The average molecular weight is 456 g/mol. The maximum absolute atomic E-state index is 13.8. The lowest BCUT2D eigenvalue weighted by molar-refractivity contribution is 0.0953. The molecule has 0 bridgehead atoms. The lowest BCUT2D eigenvalue weighted by Crippen LogP contribution is -2.26. The first-order chi connectivity index (χ1) is 15.4. The van der Waals surface area contributed by atoms with Crippen molar-refractivity contribution in [2.75, 3.05) is 29.8 Å². The van der Waals surface area contributed by atoms with Crippen molar-refractivity contribution in [2.24, 2.45) is 0 Å². The summed E-state index contributed by atoms with van der Waals surface area (Å²) in [6, 6.07) is 21.2. The van der Waals surface area contributed by atoms with Crippen LogP contribution >= 0.6 is 0 Å². The molecule has 0 heterocycles. The summed E-state index contributed by atoms with van der Waals surface area (Å²) >= 11 is 0. The molecule has 0 aliphatic carbocycles. The third kappa shape index (κ3) is 6.31. The summed E-state index contributed by atoms with van der Waals surface area (Å²) in [5.41, 5.74) is 1.21. The Balaban J connectivity index is 1.52. The molecule has 32 heavy (non-hydrogen) atoms. The number of carbonyl (C=O) groups is 1.